The molecular weight excluding hydrogens is 290 g/mol. The van der Waals surface area contributed by atoms with E-state index in [1.54, 1.807) is 19.1 Å². The molecule has 2 aromatic carbocycles. The predicted octanol–water partition coefficient (Wildman–Crippen LogP) is 4.04. The van der Waals surface area contributed by atoms with Crippen LogP contribution in [-0.4, -0.2) is 5.11 Å². The number of aryl methyl sites for hydroxylation is 3. The maximum absolute atomic E-state index is 11.8. The van der Waals surface area contributed by atoms with E-state index in [1.807, 2.05) is 0 Å². The number of nitrogens with one attached hydrogen (secondary N) is 1. The van der Waals surface area contributed by atoms with Crippen LogP contribution in [0.4, 0.5) is 5.69 Å². The van der Waals surface area contributed by atoms with Gasteiger partial charge < -0.3 is 14.8 Å². The van der Waals surface area contributed by atoms with Gasteiger partial charge in [0.1, 0.15) is 11.3 Å². The van der Waals surface area contributed by atoms with E-state index >= 15 is 0 Å². The summed E-state index contributed by atoms with van der Waals surface area (Å²) in [5.74, 6) is 0.125. The Balaban J connectivity index is 2.00. The van der Waals surface area contributed by atoms with Gasteiger partial charge >= 0.3 is 5.63 Å². The summed E-state index contributed by atoms with van der Waals surface area (Å²) in [6.45, 7) is 6.35. The van der Waals surface area contributed by atoms with Gasteiger partial charge in [-0.05, 0) is 61.7 Å². The van der Waals surface area contributed by atoms with Crippen molar-refractivity contribution in [3.8, 4) is 5.75 Å². The second-order valence-electron chi connectivity index (χ2n) is 5.91. The lowest BCUT2D eigenvalue weighted by atomic mass is 10.1. The van der Waals surface area contributed by atoms with E-state index < -0.39 is 5.63 Å². The van der Waals surface area contributed by atoms with Crippen LogP contribution in [0.5, 0.6) is 5.75 Å². The molecule has 0 amide bonds. The summed E-state index contributed by atoms with van der Waals surface area (Å²) in [6, 6.07) is 11.1. The quantitative estimate of drug-likeness (QED) is 0.717. The van der Waals surface area contributed by atoms with E-state index in [9.17, 15) is 9.90 Å². The van der Waals surface area contributed by atoms with Crippen LogP contribution >= 0.6 is 0 Å². The lowest BCUT2D eigenvalue weighted by Crippen LogP contribution is -2.06. The number of phenolic OH excluding ortho intramolecular Hbond substituents is 1. The number of anilines is 1. The summed E-state index contributed by atoms with van der Waals surface area (Å²) >= 11 is 0. The first-order valence-corrected chi connectivity index (χ1v) is 7.51. The van der Waals surface area contributed by atoms with E-state index in [2.05, 4.69) is 37.4 Å². The molecule has 0 aliphatic rings. The second kappa shape index (κ2) is 5.80. The van der Waals surface area contributed by atoms with E-state index in [0.717, 1.165) is 16.6 Å². The average Bonchev–Trinajstić information content (AvgIpc) is 2.48. The molecule has 0 unspecified atom stereocenters. The smallest absolute Gasteiger partial charge is 0.336 e. The van der Waals surface area contributed by atoms with Gasteiger partial charge in [0.15, 0.2) is 0 Å². The van der Waals surface area contributed by atoms with Crippen LogP contribution in [0.2, 0.25) is 0 Å². The number of hydrogen-bond acceptors (Lipinski definition) is 4. The van der Waals surface area contributed by atoms with Crippen LogP contribution in [0.15, 0.2) is 45.6 Å². The van der Waals surface area contributed by atoms with Crippen LogP contribution in [0.25, 0.3) is 11.0 Å². The number of rotatable bonds is 3. The van der Waals surface area contributed by atoms with Gasteiger partial charge in [0.25, 0.3) is 0 Å². The lowest BCUT2D eigenvalue weighted by molar-refractivity contribution is 0.468. The maximum Gasteiger partial charge on any atom is 0.336 e. The van der Waals surface area contributed by atoms with Gasteiger partial charge in [-0.1, -0.05) is 6.07 Å². The Morgan fingerprint density at radius 1 is 1.04 bits per heavy atom. The van der Waals surface area contributed by atoms with Crippen LogP contribution in [0, 0.1) is 20.8 Å². The third-order valence-corrected chi connectivity index (χ3v) is 3.92. The molecule has 0 fully saturated rings. The zero-order chi connectivity index (χ0) is 16.6. The lowest BCUT2D eigenvalue weighted by Gasteiger charge is -2.11. The molecule has 0 spiro atoms. The van der Waals surface area contributed by atoms with Crippen molar-refractivity contribution in [2.24, 2.45) is 0 Å². The number of phenols is 1. The zero-order valence-electron chi connectivity index (χ0n) is 13.4. The van der Waals surface area contributed by atoms with Crippen molar-refractivity contribution >= 4 is 16.7 Å². The predicted molar refractivity (Wildman–Crippen MR) is 92.1 cm³/mol. The summed E-state index contributed by atoms with van der Waals surface area (Å²) in [4.78, 5) is 11.8. The van der Waals surface area contributed by atoms with Crippen LogP contribution in [0.1, 0.15) is 22.3 Å². The van der Waals surface area contributed by atoms with Crippen molar-refractivity contribution in [3.63, 3.8) is 0 Å². The molecule has 118 valence electrons. The van der Waals surface area contributed by atoms with Gasteiger partial charge in [0.2, 0.25) is 0 Å². The normalized spacial score (nSPS) is 10.9. The van der Waals surface area contributed by atoms with Gasteiger partial charge in [0, 0.05) is 29.2 Å². The summed E-state index contributed by atoms with van der Waals surface area (Å²) in [7, 11) is 0. The minimum absolute atomic E-state index is 0.125. The van der Waals surface area contributed by atoms with Crippen molar-refractivity contribution in [3.05, 3.63) is 69.1 Å². The molecule has 0 aliphatic heterocycles. The average molecular weight is 309 g/mol. The second-order valence-corrected chi connectivity index (χ2v) is 5.91. The third-order valence-electron chi connectivity index (χ3n) is 3.92. The zero-order valence-corrected chi connectivity index (χ0v) is 13.4. The van der Waals surface area contributed by atoms with Crippen molar-refractivity contribution in [2.45, 2.75) is 27.3 Å². The number of aromatic hydroxyl groups is 1. The van der Waals surface area contributed by atoms with Crippen molar-refractivity contribution in [1.82, 2.24) is 0 Å². The molecule has 3 aromatic rings. The fraction of sp³-hybridized carbons (Fsp3) is 0.211. The van der Waals surface area contributed by atoms with Gasteiger partial charge in [-0.25, -0.2) is 4.79 Å². The first kappa shape index (κ1) is 15.2. The highest BCUT2D eigenvalue weighted by molar-refractivity contribution is 5.85. The molecule has 1 heterocycles. The highest BCUT2D eigenvalue weighted by atomic mass is 16.4. The maximum atomic E-state index is 11.8. The first-order chi connectivity index (χ1) is 10.9. The molecule has 4 heteroatoms. The minimum atomic E-state index is -0.413. The Labute approximate surface area is 134 Å². The van der Waals surface area contributed by atoms with E-state index in [0.29, 0.717) is 17.7 Å². The number of fused-ring (bicyclic) bond motifs is 1. The van der Waals surface area contributed by atoms with Crippen molar-refractivity contribution in [2.75, 3.05) is 5.32 Å². The highest BCUT2D eigenvalue weighted by Crippen LogP contribution is 2.27. The first-order valence-electron chi connectivity index (χ1n) is 7.51. The summed E-state index contributed by atoms with van der Waals surface area (Å²) in [6.07, 6.45) is 0. The van der Waals surface area contributed by atoms with Crippen molar-refractivity contribution in [1.29, 1.82) is 0 Å². The molecule has 2 N–H and O–H groups in total. The summed E-state index contributed by atoms with van der Waals surface area (Å²) < 4.78 is 5.26. The van der Waals surface area contributed by atoms with Crippen LogP contribution in [0.3, 0.4) is 0 Å². The van der Waals surface area contributed by atoms with Gasteiger partial charge in [-0.15, -0.1) is 0 Å². The van der Waals surface area contributed by atoms with Crippen LogP contribution in [-0.2, 0) is 6.54 Å². The Hall–Kier alpha value is -2.75. The summed E-state index contributed by atoms with van der Waals surface area (Å²) in [5.41, 5.74) is 4.83. The largest absolute Gasteiger partial charge is 0.508 e. The standard InChI is InChI=1S/C19H19NO3/c1-11-6-12(2)8-15(7-11)20-10-14-9-18(22)23-19-13(3)17(21)5-4-16(14)19/h4-9,20-21H,10H2,1-3H3. The molecule has 0 bridgehead atoms. The monoisotopic (exact) mass is 309 g/mol. The third kappa shape index (κ3) is 3.06. The fourth-order valence-corrected chi connectivity index (χ4v) is 2.84. The minimum Gasteiger partial charge on any atom is -0.508 e. The van der Waals surface area contributed by atoms with E-state index in [1.165, 1.54) is 17.2 Å². The molecular formula is C19H19NO3. The molecule has 0 saturated carbocycles. The number of benzene rings is 2. The topological polar surface area (TPSA) is 62.5 Å². The Bertz CT molecular complexity index is 921. The molecule has 0 saturated heterocycles. The number of hydrogen-bond donors (Lipinski definition) is 2. The SMILES string of the molecule is Cc1cc(C)cc(NCc2cc(=O)oc3c(C)c(O)ccc23)c1. The Kier molecular flexibility index (Phi) is 3.82. The molecule has 0 atom stereocenters. The molecule has 0 radical (unpaired) electrons. The Morgan fingerprint density at radius 2 is 1.74 bits per heavy atom. The van der Waals surface area contributed by atoms with Gasteiger partial charge in [-0.2, -0.15) is 0 Å². The molecule has 23 heavy (non-hydrogen) atoms. The molecule has 4 nitrogen and oxygen atoms in total. The van der Waals surface area contributed by atoms with E-state index in [4.69, 9.17) is 4.42 Å². The Morgan fingerprint density at radius 3 is 2.43 bits per heavy atom. The van der Waals surface area contributed by atoms with Gasteiger partial charge in [-0.3, -0.25) is 0 Å². The van der Waals surface area contributed by atoms with E-state index in [-0.39, 0.29) is 5.75 Å². The van der Waals surface area contributed by atoms with Crippen LogP contribution < -0.4 is 10.9 Å². The summed E-state index contributed by atoms with van der Waals surface area (Å²) in [5, 5.41) is 14.0. The molecule has 1 aromatic heterocycles. The van der Waals surface area contributed by atoms with Crippen molar-refractivity contribution < 1.29 is 9.52 Å². The fourth-order valence-electron chi connectivity index (χ4n) is 2.84. The molecule has 3 rings (SSSR count). The molecule has 0 aliphatic carbocycles. The van der Waals surface area contributed by atoms with Gasteiger partial charge in [0.05, 0.1) is 0 Å². The highest BCUT2D eigenvalue weighted by Gasteiger charge is 2.10.